The Kier molecular flexibility index (Phi) is 9.07. The largest absolute Gasteiger partial charge is 0.491 e. The van der Waals surface area contributed by atoms with Crippen LogP contribution in [0.2, 0.25) is 5.02 Å². The van der Waals surface area contributed by atoms with Crippen LogP contribution in [0.15, 0.2) is 115 Å². The molecule has 4 aromatic carbocycles. The second kappa shape index (κ2) is 14.1. The molecule has 4 aromatic rings. The number of benzene rings is 4. The molecule has 280 valence electrons. The number of aliphatic hydroxyl groups is 1. The average molecular weight is 758 g/mol. The Hall–Kier alpha value is -5.29. The van der Waals surface area contributed by atoms with Crippen molar-refractivity contribution in [2.24, 2.45) is 23.7 Å². The van der Waals surface area contributed by atoms with Gasteiger partial charge in [-0.15, -0.1) is 0 Å². The predicted octanol–water partition coefficient (Wildman–Crippen LogP) is 5.91. The van der Waals surface area contributed by atoms with E-state index in [0.29, 0.717) is 47.3 Å². The molecular weight excluding hydrogens is 718 g/mol. The van der Waals surface area contributed by atoms with Gasteiger partial charge in [0.1, 0.15) is 12.4 Å². The maximum atomic E-state index is 15.4. The number of amides is 4. The molecule has 9 rings (SSSR count). The Morgan fingerprint density at radius 2 is 1.49 bits per heavy atom. The highest BCUT2D eigenvalue weighted by Gasteiger charge is 2.70. The number of fused-ring (bicyclic) bond motifs is 4. The van der Waals surface area contributed by atoms with Gasteiger partial charge < -0.3 is 19.5 Å². The topological polar surface area (TPSA) is 117 Å². The summed E-state index contributed by atoms with van der Waals surface area (Å²) < 4.78 is 11.2. The monoisotopic (exact) mass is 757 g/mol. The van der Waals surface area contributed by atoms with Gasteiger partial charge in [0, 0.05) is 29.7 Å². The number of halogens is 1. The lowest BCUT2D eigenvalue weighted by Crippen LogP contribution is -2.53. The molecule has 3 saturated heterocycles. The van der Waals surface area contributed by atoms with Gasteiger partial charge in [-0.25, -0.2) is 4.90 Å². The zero-order chi connectivity index (χ0) is 37.8. The van der Waals surface area contributed by atoms with E-state index in [1.165, 1.54) is 9.80 Å². The number of aliphatic hydroxyl groups excluding tert-OH is 1. The second-order valence-electron chi connectivity index (χ2n) is 14.9. The first-order valence-electron chi connectivity index (χ1n) is 18.9. The van der Waals surface area contributed by atoms with Crippen molar-refractivity contribution in [3.63, 3.8) is 0 Å². The van der Waals surface area contributed by atoms with Crippen molar-refractivity contribution in [1.82, 2.24) is 0 Å². The van der Waals surface area contributed by atoms with Crippen LogP contribution in [0.4, 0.5) is 17.1 Å². The second-order valence-corrected chi connectivity index (χ2v) is 15.3. The van der Waals surface area contributed by atoms with Crippen molar-refractivity contribution in [2.45, 2.75) is 24.2 Å². The molecule has 11 heteroatoms. The molecule has 3 heterocycles. The van der Waals surface area contributed by atoms with Gasteiger partial charge in [-0.1, -0.05) is 71.8 Å². The van der Waals surface area contributed by atoms with Crippen LogP contribution in [-0.2, 0) is 29.3 Å². The SMILES string of the molecule is O=C1[C@H]2[C@H](CC=C3[C@H]2C[C@H]2C(=O)N(c4cccc(Cl)c4)C(=O)[C@@]2(c2ccccc2)[C@H]3c2ccc(OCCO)cc2)C(=O)N1c1ccc(N2CCOCC2)cc1. The fourth-order valence-corrected chi connectivity index (χ4v) is 10.1. The number of allylic oxidation sites excluding steroid dienone is 2. The summed E-state index contributed by atoms with van der Waals surface area (Å²) in [6.45, 7) is 2.80. The third-order valence-electron chi connectivity index (χ3n) is 12.2. The van der Waals surface area contributed by atoms with Crippen LogP contribution < -0.4 is 19.4 Å². The first kappa shape index (κ1) is 35.4. The number of carbonyl (C=O) groups is 4. The zero-order valence-corrected chi connectivity index (χ0v) is 30.8. The van der Waals surface area contributed by atoms with Gasteiger partial charge in [-0.05, 0) is 84.5 Å². The lowest BCUT2D eigenvalue weighted by atomic mass is 9.49. The molecule has 3 aliphatic heterocycles. The summed E-state index contributed by atoms with van der Waals surface area (Å²) in [5, 5.41) is 9.76. The van der Waals surface area contributed by atoms with Gasteiger partial charge in [0.05, 0.1) is 54.4 Å². The highest BCUT2D eigenvalue weighted by molar-refractivity contribution is 6.32. The van der Waals surface area contributed by atoms with Crippen LogP contribution in [-0.4, -0.2) is 68.3 Å². The van der Waals surface area contributed by atoms with Gasteiger partial charge >= 0.3 is 0 Å². The summed E-state index contributed by atoms with van der Waals surface area (Å²) in [5.74, 6) is -4.02. The van der Waals surface area contributed by atoms with E-state index in [0.717, 1.165) is 29.9 Å². The Morgan fingerprint density at radius 3 is 2.20 bits per heavy atom. The maximum Gasteiger partial charge on any atom is 0.246 e. The van der Waals surface area contributed by atoms with Gasteiger partial charge in [0.25, 0.3) is 0 Å². The van der Waals surface area contributed by atoms with E-state index < -0.39 is 35.0 Å². The Labute approximate surface area is 323 Å². The summed E-state index contributed by atoms with van der Waals surface area (Å²) in [4.78, 5) is 64.2. The normalized spacial score (nSPS) is 27.5. The van der Waals surface area contributed by atoms with Gasteiger partial charge in [0.2, 0.25) is 23.6 Å². The van der Waals surface area contributed by atoms with Crippen molar-refractivity contribution in [2.75, 3.05) is 54.2 Å². The summed E-state index contributed by atoms with van der Waals surface area (Å²) in [6.07, 6.45) is 2.59. The number of imide groups is 2. The van der Waals surface area contributed by atoms with Crippen molar-refractivity contribution in [3.8, 4) is 5.75 Å². The third kappa shape index (κ3) is 5.60. The lowest BCUT2D eigenvalue weighted by Gasteiger charge is -2.50. The molecule has 0 radical (unpaired) electrons. The van der Waals surface area contributed by atoms with Gasteiger partial charge in [0.15, 0.2) is 0 Å². The first-order chi connectivity index (χ1) is 26.8. The van der Waals surface area contributed by atoms with E-state index in [1.807, 2.05) is 66.7 Å². The highest BCUT2D eigenvalue weighted by Crippen LogP contribution is 2.64. The standard InChI is InChI=1S/C44H40ClN3O7/c45-29-7-4-8-32(25-29)48-41(51)37-26-36-34(39(27-9-15-33(16-10-27)55-24-21-49)44(37,43(48)53)28-5-2-1-3-6-28)17-18-35-38(36)42(52)47(40(35)50)31-13-11-30(12-14-31)46-19-22-54-23-20-46/h1-17,25,35-39,49H,18-24,26H2/t35-,36+,37-,38-,39-,44+/m0/s1. The highest BCUT2D eigenvalue weighted by atomic mass is 35.5. The molecule has 1 N–H and O–H groups in total. The van der Waals surface area contributed by atoms with E-state index in [9.17, 15) is 19.5 Å². The average Bonchev–Trinajstić information content (AvgIpc) is 3.61. The van der Waals surface area contributed by atoms with Crippen LogP contribution in [0.3, 0.4) is 0 Å². The van der Waals surface area contributed by atoms with E-state index in [1.54, 1.807) is 36.4 Å². The van der Waals surface area contributed by atoms with E-state index >= 15 is 4.79 Å². The number of hydrogen-bond acceptors (Lipinski definition) is 8. The number of nitrogens with zero attached hydrogens (tertiary/aromatic N) is 3. The maximum absolute atomic E-state index is 15.4. The fourth-order valence-electron chi connectivity index (χ4n) is 9.93. The molecule has 0 unspecified atom stereocenters. The van der Waals surface area contributed by atoms with Crippen LogP contribution in [0.25, 0.3) is 0 Å². The predicted molar refractivity (Wildman–Crippen MR) is 207 cm³/mol. The Balaban J connectivity index is 1.16. The van der Waals surface area contributed by atoms with Crippen LogP contribution in [0.1, 0.15) is 29.9 Å². The van der Waals surface area contributed by atoms with E-state index in [-0.39, 0.29) is 43.3 Å². The summed E-state index contributed by atoms with van der Waals surface area (Å²) in [5.41, 5.74) is 2.89. The van der Waals surface area contributed by atoms with Crippen molar-refractivity contribution in [3.05, 3.63) is 131 Å². The molecule has 4 fully saturated rings. The van der Waals surface area contributed by atoms with Crippen molar-refractivity contribution in [1.29, 1.82) is 0 Å². The number of hydrogen-bond donors (Lipinski definition) is 1. The first-order valence-corrected chi connectivity index (χ1v) is 19.2. The number of rotatable bonds is 8. The fraction of sp³-hybridized carbons (Fsp3) is 0.318. The molecule has 4 amide bonds. The van der Waals surface area contributed by atoms with Gasteiger partial charge in [-0.3, -0.25) is 24.1 Å². The number of morpholine rings is 1. The zero-order valence-electron chi connectivity index (χ0n) is 30.1. The van der Waals surface area contributed by atoms with Crippen LogP contribution in [0, 0.1) is 23.7 Å². The molecule has 5 aliphatic rings. The minimum atomic E-state index is -1.37. The number of carbonyl (C=O) groups excluding carboxylic acids is 4. The molecule has 1 saturated carbocycles. The van der Waals surface area contributed by atoms with Crippen LogP contribution >= 0.6 is 11.6 Å². The molecular formula is C44H40ClN3O7. The molecule has 10 nitrogen and oxygen atoms in total. The van der Waals surface area contributed by atoms with Gasteiger partial charge in [-0.2, -0.15) is 0 Å². The van der Waals surface area contributed by atoms with Crippen LogP contribution in [0.5, 0.6) is 5.75 Å². The summed E-state index contributed by atoms with van der Waals surface area (Å²) in [6, 6.07) is 31.2. The number of ether oxygens (including phenoxy) is 2. The summed E-state index contributed by atoms with van der Waals surface area (Å²) >= 11 is 6.43. The minimum Gasteiger partial charge on any atom is -0.491 e. The quantitative estimate of drug-likeness (QED) is 0.174. The van der Waals surface area contributed by atoms with Crippen molar-refractivity contribution >= 4 is 52.3 Å². The molecule has 0 aromatic heterocycles. The Morgan fingerprint density at radius 1 is 0.764 bits per heavy atom. The smallest absolute Gasteiger partial charge is 0.246 e. The lowest BCUT2D eigenvalue weighted by molar-refractivity contribution is -0.127. The Bertz CT molecular complexity index is 2190. The van der Waals surface area contributed by atoms with Crippen molar-refractivity contribution < 1.29 is 33.8 Å². The minimum absolute atomic E-state index is 0.124. The third-order valence-corrected chi connectivity index (χ3v) is 12.5. The molecule has 0 spiro atoms. The molecule has 0 bridgehead atoms. The summed E-state index contributed by atoms with van der Waals surface area (Å²) in [7, 11) is 0. The van der Waals surface area contributed by atoms with E-state index in [4.69, 9.17) is 21.1 Å². The molecule has 2 aliphatic carbocycles. The van der Waals surface area contributed by atoms with E-state index in [2.05, 4.69) is 11.0 Å². The number of anilines is 3. The molecule has 55 heavy (non-hydrogen) atoms. The molecule has 6 atom stereocenters.